The summed E-state index contributed by atoms with van der Waals surface area (Å²) in [5.74, 6) is -18.0. The Balaban J connectivity index is 5.37. The van der Waals surface area contributed by atoms with E-state index in [1.807, 2.05) is 0 Å². The van der Waals surface area contributed by atoms with Gasteiger partial charge in [0.05, 0.1) is 6.67 Å². The topological polar surface area (TPSA) is 0 Å². The third-order valence-electron chi connectivity index (χ3n) is 1.91. The van der Waals surface area contributed by atoms with E-state index in [4.69, 9.17) is 0 Å². The second kappa shape index (κ2) is 5.35. The molecule has 1 unspecified atom stereocenters. The summed E-state index contributed by atoms with van der Waals surface area (Å²) in [6.45, 7) is -2.07. The molecule has 0 amide bonds. The molecule has 0 saturated carbocycles. The van der Waals surface area contributed by atoms with Crippen LogP contribution in [0.4, 0.5) is 43.9 Å². The molecule has 0 radical (unpaired) electrons. The fraction of sp³-hybridized carbons (Fsp3) is 0.750. The first kappa shape index (κ1) is 17.0. The number of alkyl halides is 8. The van der Waals surface area contributed by atoms with Crippen molar-refractivity contribution < 1.29 is 43.9 Å². The van der Waals surface area contributed by atoms with Gasteiger partial charge in [-0.25, -0.2) is 4.39 Å². The van der Waals surface area contributed by atoms with Gasteiger partial charge in [-0.05, 0) is 0 Å². The number of allylic oxidation sites excluding steroid dienone is 1. The van der Waals surface area contributed by atoms with Crippen LogP contribution < -0.4 is 0 Å². The Hall–Kier alpha value is -0.960. The van der Waals surface area contributed by atoms with E-state index in [0.29, 0.717) is 0 Å². The quantitative estimate of drug-likeness (QED) is 0.638. The molecule has 18 heavy (non-hydrogen) atoms. The lowest BCUT2D eigenvalue weighted by atomic mass is 9.98. The van der Waals surface area contributed by atoms with Crippen LogP contribution >= 0.6 is 0 Å². The standard InChI is InChI=1S/C8H6F10/c9-2-1-6(13,14)8(17,18)7(15,16)4(10)3-5(11)12/h3-4H,1-2H2. The second-order valence-corrected chi connectivity index (χ2v) is 3.20. The van der Waals surface area contributed by atoms with Crippen LogP contribution in [0.1, 0.15) is 6.42 Å². The molecule has 0 saturated heterocycles. The Morgan fingerprint density at radius 3 is 1.78 bits per heavy atom. The molecule has 0 rings (SSSR count). The molecule has 0 aliphatic rings. The SMILES string of the molecule is FCCC(F)(F)C(F)(F)C(F)(F)C(F)C=C(F)F. The molecule has 0 spiro atoms. The Kier molecular flexibility index (Phi) is 5.07. The van der Waals surface area contributed by atoms with Crippen LogP contribution in [0.2, 0.25) is 0 Å². The predicted molar refractivity (Wildman–Crippen MR) is 40.6 cm³/mol. The summed E-state index contributed by atoms with van der Waals surface area (Å²) < 4.78 is 123. The van der Waals surface area contributed by atoms with E-state index in [1.54, 1.807) is 0 Å². The molecule has 1 atom stereocenters. The van der Waals surface area contributed by atoms with Crippen LogP contribution in [-0.4, -0.2) is 30.6 Å². The summed E-state index contributed by atoms with van der Waals surface area (Å²) in [7, 11) is 0. The number of rotatable bonds is 6. The minimum atomic E-state index is -6.31. The maximum Gasteiger partial charge on any atom is 0.375 e. The van der Waals surface area contributed by atoms with Crippen LogP contribution in [0.25, 0.3) is 0 Å². The average molecular weight is 292 g/mol. The van der Waals surface area contributed by atoms with Gasteiger partial charge in [0.1, 0.15) is 0 Å². The van der Waals surface area contributed by atoms with Crippen LogP contribution in [-0.2, 0) is 0 Å². The minimum Gasteiger partial charge on any atom is -0.251 e. The zero-order valence-electron chi connectivity index (χ0n) is 8.35. The van der Waals surface area contributed by atoms with Gasteiger partial charge in [0.2, 0.25) is 0 Å². The molecule has 10 heteroatoms. The highest BCUT2D eigenvalue weighted by molar-refractivity contribution is 5.06. The van der Waals surface area contributed by atoms with Crippen LogP contribution in [0.15, 0.2) is 12.2 Å². The molecule has 0 aromatic heterocycles. The van der Waals surface area contributed by atoms with Crippen molar-refractivity contribution in [2.24, 2.45) is 0 Å². The molecule has 0 aromatic rings. The third-order valence-corrected chi connectivity index (χ3v) is 1.91. The first-order valence-electron chi connectivity index (χ1n) is 4.26. The molecule has 0 fully saturated rings. The Labute approximate surface area is 94.3 Å². The molecule has 0 aromatic carbocycles. The van der Waals surface area contributed by atoms with Gasteiger partial charge < -0.3 is 0 Å². The van der Waals surface area contributed by atoms with Gasteiger partial charge in [-0.3, -0.25) is 4.39 Å². The summed E-state index contributed by atoms with van der Waals surface area (Å²) in [6, 6.07) is 0. The van der Waals surface area contributed by atoms with E-state index in [9.17, 15) is 43.9 Å². The number of halogens is 10. The predicted octanol–water partition coefficient (Wildman–Crippen LogP) is 4.37. The average Bonchev–Trinajstić information content (AvgIpc) is 2.15. The fourth-order valence-corrected chi connectivity index (χ4v) is 0.908. The smallest absolute Gasteiger partial charge is 0.251 e. The summed E-state index contributed by atoms with van der Waals surface area (Å²) in [5.41, 5.74) is 0. The zero-order valence-corrected chi connectivity index (χ0v) is 8.35. The molecule has 0 bridgehead atoms. The maximum atomic E-state index is 12.7. The summed E-state index contributed by atoms with van der Waals surface area (Å²) in [6.07, 6.45) is -10.9. The Morgan fingerprint density at radius 1 is 1.00 bits per heavy atom. The van der Waals surface area contributed by atoms with Crippen molar-refractivity contribution in [3.63, 3.8) is 0 Å². The van der Waals surface area contributed by atoms with Gasteiger partial charge in [-0.2, -0.15) is 35.1 Å². The highest BCUT2D eigenvalue weighted by Crippen LogP contribution is 2.49. The van der Waals surface area contributed by atoms with Crippen LogP contribution in [0.3, 0.4) is 0 Å². The Morgan fingerprint density at radius 2 is 1.44 bits per heavy atom. The fourth-order valence-electron chi connectivity index (χ4n) is 0.908. The van der Waals surface area contributed by atoms with Crippen molar-refractivity contribution in [3.8, 4) is 0 Å². The van der Waals surface area contributed by atoms with Crippen LogP contribution in [0.5, 0.6) is 0 Å². The minimum absolute atomic E-state index is 1.22. The van der Waals surface area contributed by atoms with E-state index in [2.05, 4.69) is 0 Å². The van der Waals surface area contributed by atoms with Crippen molar-refractivity contribution >= 4 is 0 Å². The van der Waals surface area contributed by atoms with Crippen molar-refractivity contribution in [2.75, 3.05) is 6.67 Å². The van der Waals surface area contributed by atoms with Gasteiger partial charge in [0.25, 0.3) is 6.08 Å². The van der Waals surface area contributed by atoms with E-state index < -0.39 is 49.2 Å². The van der Waals surface area contributed by atoms with Gasteiger partial charge in [-0.15, -0.1) is 0 Å². The van der Waals surface area contributed by atoms with E-state index in [0.717, 1.165) is 0 Å². The van der Waals surface area contributed by atoms with Crippen molar-refractivity contribution in [1.29, 1.82) is 0 Å². The normalized spacial score (nSPS) is 15.4. The van der Waals surface area contributed by atoms with E-state index in [1.165, 1.54) is 0 Å². The highest BCUT2D eigenvalue weighted by atomic mass is 19.3. The highest BCUT2D eigenvalue weighted by Gasteiger charge is 2.73. The lowest BCUT2D eigenvalue weighted by molar-refractivity contribution is -0.322. The van der Waals surface area contributed by atoms with Crippen molar-refractivity contribution in [1.82, 2.24) is 0 Å². The molecule has 0 aliphatic carbocycles. The van der Waals surface area contributed by atoms with Gasteiger partial charge in [0.15, 0.2) is 6.17 Å². The lowest BCUT2D eigenvalue weighted by Gasteiger charge is -2.33. The molecular weight excluding hydrogens is 286 g/mol. The molecular formula is C8H6F10. The largest absolute Gasteiger partial charge is 0.375 e. The van der Waals surface area contributed by atoms with Gasteiger partial charge in [-0.1, -0.05) is 0 Å². The summed E-state index contributed by atoms with van der Waals surface area (Å²) in [5, 5.41) is 0. The van der Waals surface area contributed by atoms with Crippen molar-refractivity contribution in [2.45, 2.75) is 30.4 Å². The Bertz CT molecular complexity index is 303. The summed E-state index contributed by atoms with van der Waals surface area (Å²) >= 11 is 0. The second-order valence-electron chi connectivity index (χ2n) is 3.20. The van der Waals surface area contributed by atoms with Gasteiger partial charge >= 0.3 is 17.8 Å². The molecule has 108 valence electrons. The molecule has 0 N–H and O–H groups in total. The first-order chi connectivity index (χ1) is 7.90. The monoisotopic (exact) mass is 292 g/mol. The molecule has 0 aliphatic heterocycles. The van der Waals surface area contributed by atoms with Gasteiger partial charge in [0, 0.05) is 12.5 Å². The maximum absolute atomic E-state index is 12.7. The lowest BCUT2D eigenvalue weighted by Crippen LogP contribution is -2.58. The van der Waals surface area contributed by atoms with E-state index >= 15 is 0 Å². The summed E-state index contributed by atoms with van der Waals surface area (Å²) in [4.78, 5) is 0. The third kappa shape index (κ3) is 3.08. The number of hydrogen-bond donors (Lipinski definition) is 0. The molecule has 0 nitrogen and oxygen atoms in total. The zero-order chi connectivity index (χ0) is 14.8. The molecule has 0 heterocycles. The van der Waals surface area contributed by atoms with Crippen LogP contribution in [0, 0.1) is 0 Å². The first-order valence-corrected chi connectivity index (χ1v) is 4.26. The number of hydrogen-bond acceptors (Lipinski definition) is 0. The van der Waals surface area contributed by atoms with E-state index in [-0.39, 0.29) is 0 Å². The van der Waals surface area contributed by atoms with Crippen molar-refractivity contribution in [3.05, 3.63) is 12.2 Å².